The van der Waals surface area contributed by atoms with E-state index in [0.29, 0.717) is 10.6 Å². The maximum atomic E-state index is 11.6. The van der Waals surface area contributed by atoms with Crippen molar-refractivity contribution in [3.63, 3.8) is 0 Å². The lowest BCUT2D eigenvalue weighted by Crippen LogP contribution is -2.21. The molecule has 0 saturated carbocycles. The van der Waals surface area contributed by atoms with Crippen molar-refractivity contribution in [2.45, 2.75) is 6.92 Å². The highest BCUT2D eigenvalue weighted by atomic mass is 16.6. The fourth-order valence-corrected chi connectivity index (χ4v) is 2.01. The van der Waals surface area contributed by atoms with Crippen molar-refractivity contribution < 1.29 is 19.6 Å². The maximum Gasteiger partial charge on any atom is 0.424 e. The van der Waals surface area contributed by atoms with E-state index >= 15 is 0 Å². The molecule has 0 unspecified atom stereocenters. The minimum atomic E-state index is -1.38. The number of nitro groups is 3. The van der Waals surface area contributed by atoms with Gasteiger partial charge in [0.2, 0.25) is 5.91 Å². The lowest BCUT2D eigenvalue weighted by Gasteiger charge is -2.00. The van der Waals surface area contributed by atoms with Gasteiger partial charge >= 0.3 is 22.8 Å². The zero-order valence-corrected chi connectivity index (χ0v) is 10.6. The SMILES string of the molecule is CC(=O)n1c(=O)[nH]c2c([N+](=O)[O-])c([N+](=O)[O-])c([N+](=O)[O-])cc21. The molecule has 0 fully saturated rings. The predicted molar refractivity (Wildman–Crippen MR) is 68.8 cm³/mol. The third kappa shape index (κ3) is 1.96. The Kier molecular flexibility index (Phi) is 3.17. The summed E-state index contributed by atoms with van der Waals surface area (Å²) in [5, 5.41) is 32.9. The van der Waals surface area contributed by atoms with Crippen LogP contribution < -0.4 is 5.69 Å². The van der Waals surface area contributed by atoms with Gasteiger partial charge in [-0.3, -0.25) is 40.1 Å². The maximum absolute atomic E-state index is 11.6. The van der Waals surface area contributed by atoms with Crippen molar-refractivity contribution >= 4 is 34.0 Å². The van der Waals surface area contributed by atoms with Crippen LogP contribution in [0.3, 0.4) is 0 Å². The fraction of sp³-hybridized carbons (Fsp3) is 0.111. The zero-order chi connectivity index (χ0) is 16.8. The number of carbonyl (C=O) groups excluding carboxylic acids is 1. The van der Waals surface area contributed by atoms with Crippen LogP contribution in [0.5, 0.6) is 0 Å². The Morgan fingerprint density at radius 3 is 2.05 bits per heavy atom. The number of rotatable bonds is 3. The number of aromatic amines is 1. The normalized spacial score (nSPS) is 10.6. The number of carbonyl (C=O) groups is 1. The molecular weight excluding hydrogens is 306 g/mol. The van der Waals surface area contributed by atoms with E-state index in [0.717, 1.165) is 6.92 Å². The van der Waals surface area contributed by atoms with E-state index in [4.69, 9.17) is 0 Å². The number of H-pyrrole nitrogens is 1. The number of aromatic nitrogens is 2. The molecule has 1 aromatic carbocycles. The Labute approximate surface area is 118 Å². The van der Waals surface area contributed by atoms with E-state index in [-0.39, 0.29) is 0 Å². The lowest BCUT2D eigenvalue weighted by molar-refractivity contribution is -0.440. The average Bonchev–Trinajstić information content (AvgIpc) is 2.71. The Morgan fingerprint density at radius 2 is 1.64 bits per heavy atom. The van der Waals surface area contributed by atoms with E-state index in [1.165, 1.54) is 0 Å². The Hall–Kier alpha value is -3.64. The van der Waals surface area contributed by atoms with Crippen LogP contribution in [0.2, 0.25) is 0 Å². The van der Waals surface area contributed by atoms with Gasteiger partial charge in [-0.25, -0.2) is 9.36 Å². The number of benzene rings is 1. The van der Waals surface area contributed by atoms with Crippen molar-refractivity contribution in [1.82, 2.24) is 9.55 Å². The first-order valence-corrected chi connectivity index (χ1v) is 5.42. The number of nitro benzene ring substituents is 3. The summed E-state index contributed by atoms with van der Waals surface area (Å²) in [6.45, 7) is 0.952. The number of hydrogen-bond donors (Lipinski definition) is 1. The van der Waals surface area contributed by atoms with Gasteiger partial charge in [0, 0.05) is 6.92 Å². The largest absolute Gasteiger partial charge is 0.424 e. The van der Waals surface area contributed by atoms with Gasteiger partial charge in [0.1, 0.15) is 0 Å². The first-order valence-electron chi connectivity index (χ1n) is 5.42. The molecule has 1 N–H and O–H groups in total. The molecule has 1 heterocycles. The minimum Gasteiger partial charge on any atom is -0.299 e. The van der Waals surface area contributed by atoms with Gasteiger partial charge in [-0.05, 0) is 0 Å². The average molecular weight is 311 g/mol. The van der Waals surface area contributed by atoms with Crippen LogP contribution in [0.1, 0.15) is 11.7 Å². The molecule has 0 saturated heterocycles. The third-order valence-corrected chi connectivity index (χ3v) is 2.79. The summed E-state index contributed by atoms with van der Waals surface area (Å²) in [7, 11) is 0. The molecule has 1 aromatic heterocycles. The number of hydrogen-bond acceptors (Lipinski definition) is 8. The molecule has 0 spiro atoms. The van der Waals surface area contributed by atoms with Gasteiger partial charge in [-0.1, -0.05) is 0 Å². The third-order valence-electron chi connectivity index (χ3n) is 2.79. The first kappa shape index (κ1) is 14.8. The van der Waals surface area contributed by atoms with Crippen molar-refractivity contribution in [2.24, 2.45) is 0 Å². The summed E-state index contributed by atoms with van der Waals surface area (Å²) in [6.07, 6.45) is 0. The molecule has 0 atom stereocenters. The second-order valence-electron chi connectivity index (χ2n) is 4.04. The highest BCUT2D eigenvalue weighted by Gasteiger charge is 2.40. The molecule has 0 aliphatic rings. The van der Waals surface area contributed by atoms with Crippen LogP contribution in [0.25, 0.3) is 11.0 Å². The molecule has 0 aliphatic carbocycles. The van der Waals surface area contributed by atoms with Crippen molar-refractivity contribution in [1.29, 1.82) is 0 Å². The predicted octanol–water partition coefficient (Wildman–Crippen LogP) is 0.714. The highest BCUT2D eigenvalue weighted by molar-refractivity contribution is 5.98. The summed E-state index contributed by atoms with van der Waals surface area (Å²) < 4.78 is 0.416. The summed E-state index contributed by atoms with van der Waals surface area (Å²) in [4.78, 5) is 54.2. The summed E-state index contributed by atoms with van der Waals surface area (Å²) in [6, 6.07) is 0.569. The molecule has 114 valence electrons. The molecule has 0 amide bonds. The van der Waals surface area contributed by atoms with Gasteiger partial charge in [-0.15, -0.1) is 0 Å². The van der Waals surface area contributed by atoms with Crippen LogP contribution >= 0.6 is 0 Å². The van der Waals surface area contributed by atoms with Crippen molar-refractivity contribution in [2.75, 3.05) is 0 Å². The van der Waals surface area contributed by atoms with Crippen LogP contribution in [0, 0.1) is 30.3 Å². The summed E-state index contributed by atoms with van der Waals surface area (Å²) in [5.74, 6) is -0.867. The molecule has 2 rings (SSSR count). The molecule has 0 radical (unpaired) electrons. The van der Waals surface area contributed by atoms with Crippen LogP contribution in [0.15, 0.2) is 10.9 Å². The Morgan fingerprint density at radius 1 is 1.09 bits per heavy atom. The second-order valence-corrected chi connectivity index (χ2v) is 4.04. The van der Waals surface area contributed by atoms with Crippen LogP contribution in [-0.2, 0) is 0 Å². The monoisotopic (exact) mass is 311 g/mol. The van der Waals surface area contributed by atoms with Crippen molar-refractivity contribution in [3.05, 3.63) is 46.9 Å². The Balaban J connectivity index is 3.17. The smallest absolute Gasteiger partial charge is 0.299 e. The minimum absolute atomic E-state index is 0.416. The van der Waals surface area contributed by atoms with Gasteiger partial charge < -0.3 is 0 Å². The highest BCUT2D eigenvalue weighted by Crippen LogP contribution is 2.41. The van der Waals surface area contributed by atoms with Gasteiger partial charge in [0.15, 0.2) is 5.52 Å². The number of nitrogens with one attached hydrogen (secondary N) is 1. The van der Waals surface area contributed by atoms with E-state index in [9.17, 15) is 39.9 Å². The van der Waals surface area contributed by atoms with Gasteiger partial charge in [-0.2, -0.15) is 0 Å². The molecule has 22 heavy (non-hydrogen) atoms. The van der Waals surface area contributed by atoms with Crippen molar-refractivity contribution in [3.8, 4) is 0 Å². The van der Waals surface area contributed by atoms with Gasteiger partial charge in [0.05, 0.1) is 26.4 Å². The number of imidazole rings is 1. The number of nitrogens with zero attached hydrogens (tertiary/aromatic N) is 4. The topological polar surface area (TPSA) is 184 Å². The molecule has 13 heteroatoms. The fourth-order valence-electron chi connectivity index (χ4n) is 2.01. The zero-order valence-electron chi connectivity index (χ0n) is 10.6. The Bertz CT molecular complexity index is 922. The van der Waals surface area contributed by atoms with E-state index in [1.54, 1.807) is 0 Å². The molecule has 0 bridgehead atoms. The van der Waals surface area contributed by atoms with E-state index in [2.05, 4.69) is 0 Å². The standard InChI is InChI=1S/C9H5N5O8/c1-3(15)11-4-2-5(12(17)18)7(13(19)20)8(14(21)22)6(4)10-9(11)16/h2H,1H3,(H,10,16). The molecule has 13 nitrogen and oxygen atoms in total. The quantitative estimate of drug-likeness (QED) is 0.634. The summed E-state index contributed by atoms with van der Waals surface area (Å²) >= 11 is 0. The van der Waals surface area contributed by atoms with Crippen LogP contribution in [0.4, 0.5) is 17.1 Å². The first-order chi connectivity index (χ1) is 10.2. The molecule has 2 aromatic rings. The molecule has 0 aliphatic heterocycles. The van der Waals surface area contributed by atoms with Gasteiger partial charge in [0.25, 0.3) is 0 Å². The lowest BCUT2D eigenvalue weighted by atomic mass is 10.2. The van der Waals surface area contributed by atoms with E-state index < -0.39 is 54.5 Å². The molecular formula is C9H5N5O8. The second kappa shape index (κ2) is 4.72. The summed E-state index contributed by atoms with van der Waals surface area (Å²) in [5.41, 5.74) is -6.05. The number of fused-ring (bicyclic) bond motifs is 1. The van der Waals surface area contributed by atoms with Crippen LogP contribution in [-0.4, -0.2) is 30.2 Å². The van der Waals surface area contributed by atoms with E-state index in [1.807, 2.05) is 4.98 Å².